The Bertz CT molecular complexity index is 464. The SMILES string of the molecule is Cc1oc(CNC(=O)CC(F)(F)F)cc1C(=O)O. The second-order valence-corrected chi connectivity index (χ2v) is 3.56. The number of alkyl halides is 3. The Kier molecular flexibility index (Phi) is 4.00. The number of aryl methyl sites for hydroxylation is 1. The van der Waals surface area contributed by atoms with E-state index < -0.39 is 24.5 Å². The van der Waals surface area contributed by atoms with Crippen LogP contribution in [0.2, 0.25) is 0 Å². The van der Waals surface area contributed by atoms with Crippen molar-refractivity contribution in [2.24, 2.45) is 0 Å². The minimum Gasteiger partial charge on any atom is -0.478 e. The lowest BCUT2D eigenvalue weighted by Gasteiger charge is -2.06. The van der Waals surface area contributed by atoms with E-state index in [1.54, 1.807) is 0 Å². The number of amides is 1. The maximum absolute atomic E-state index is 11.8. The number of carboxylic acid groups (broad SMARTS) is 1. The van der Waals surface area contributed by atoms with Crippen molar-refractivity contribution < 1.29 is 32.3 Å². The van der Waals surface area contributed by atoms with Gasteiger partial charge in [0, 0.05) is 0 Å². The molecule has 0 aliphatic rings. The number of carbonyl (C=O) groups is 2. The van der Waals surface area contributed by atoms with Crippen LogP contribution >= 0.6 is 0 Å². The zero-order valence-electron chi connectivity index (χ0n) is 9.30. The van der Waals surface area contributed by atoms with Crippen LogP contribution in [-0.4, -0.2) is 23.2 Å². The van der Waals surface area contributed by atoms with Crippen LogP contribution in [0.4, 0.5) is 13.2 Å². The zero-order chi connectivity index (χ0) is 13.9. The number of halogens is 3. The maximum Gasteiger partial charge on any atom is 0.397 e. The Hall–Kier alpha value is -1.99. The number of hydrogen-bond donors (Lipinski definition) is 2. The van der Waals surface area contributed by atoms with Gasteiger partial charge in [-0.3, -0.25) is 4.79 Å². The van der Waals surface area contributed by atoms with Gasteiger partial charge in [-0.2, -0.15) is 13.2 Å². The summed E-state index contributed by atoms with van der Waals surface area (Å²) >= 11 is 0. The Balaban J connectivity index is 2.57. The molecule has 0 atom stereocenters. The van der Waals surface area contributed by atoms with Gasteiger partial charge in [0.15, 0.2) is 0 Å². The average molecular weight is 265 g/mol. The fourth-order valence-electron chi connectivity index (χ4n) is 1.27. The molecule has 0 aliphatic carbocycles. The third-order valence-corrected chi connectivity index (χ3v) is 2.02. The van der Waals surface area contributed by atoms with Crippen molar-refractivity contribution in [2.45, 2.75) is 26.1 Å². The highest BCUT2D eigenvalue weighted by Gasteiger charge is 2.31. The number of aromatic carboxylic acids is 1. The monoisotopic (exact) mass is 265 g/mol. The van der Waals surface area contributed by atoms with E-state index in [-0.39, 0.29) is 23.6 Å². The first-order valence-corrected chi connectivity index (χ1v) is 4.85. The smallest absolute Gasteiger partial charge is 0.397 e. The van der Waals surface area contributed by atoms with E-state index in [9.17, 15) is 22.8 Å². The second-order valence-electron chi connectivity index (χ2n) is 3.56. The molecule has 0 aromatic carbocycles. The van der Waals surface area contributed by atoms with Crippen LogP contribution < -0.4 is 5.32 Å². The fourth-order valence-corrected chi connectivity index (χ4v) is 1.27. The first-order valence-electron chi connectivity index (χ1n) is 4.85. The molecule has 0 unspecified atom stereocenters. The number of hydrogen-bond acceptors (Lipinski definition) is 3. The standard InChI is InChI=1S/C10H10F3NO4/c1-5-7(9(16)17)2-6(18-5)4-14-8(15)3-10(11,12)13/h2H,3-4H2,1H3,(H,14,15)(H,16,17). The van der Waals surface area contributed by atoms with Crippen LogP contribution in [0.3, 0.4) is 0 Å². The van der Waals surface area contributed by atoms with Crippen molar-refractivity contribution in [3.8, 4) is 0 Å². The molecule has 100 valence electrons. The summed E-state index contributed by atoms with van der Waals surface area (Å²) in [5.41, 5.74) is -0.0879. The predicted octanol–water partition coefficient (Wildman–Crippen LogP) is 1.85. The van der Waals surface area contributed by atoms with E-state index in [1.165, 1.54) is 6.92 Å². The highest BCUT2D eigenvalue weighted by Crippen LogP contribution is 2.19. The highest BCUT2D eigenvalue weighted by atomic mass is 19.4. The van der Waals surface area contributed by atoms with Gasteiger partial charge in [-0.05, 0) is 13.0 Å². The van der Waals surface area contributed by atoms with E-state index in [0.29, 0.717) is 0 Å². The molecule has 8 heteroatoms. The molecule has 0 saturated heterocycles. The number of furan rings is 1. The van der Waals surface area contributed by atoms with Gasteiger partial charge in [0.2, 0.25) is 5.91 Å². The molecular formula is C10H10F3NO4. The van der Waals surface area contributed by atoms with Crippen molar-refractivity contribution in [1.82, 2.24) is 5.32 Å². The minimum absolute atomic E-state index is 0.0837. The summed E-state index contributed by atoms with van der Waals surface area (Å²) in [5, 5.41) is 10.7. The highest BCUT2D eigenvalue weighted by molar-refractivity contribution is 5.88. The van der Waals surface area contributed by atoms with Crippen molar-refractivity contribution in [2.75, 3.05) is 0 Å². The van der Waals surface area contributed by atoms with Crippen LogP contribution in [-0.2, 0) is 11.3 Å². The van der Waals surface area contributed by atoms with Crippen LogP contribution in [0.1, 0.15) is 28.3 Å². The number of carboxylic acids is 1. The second kappa shape index (κ2) is 5.11. The molecule has 0 spiro atoms. The summed E-state index contributed by atoms with van der Waals surface area (Å²) in [5.74, 6) is -2.19. The minimum atomic E-state index is -4.57. The Morgan fingerprint density at radius 1 is 1.44 bits per heavy atom. The van der Waals surface area contributed by atoms with E-state index >= 15 is 0 Å². The summed E-state index contributed by atoms with van der Waals surface area (Å²) in [7, 11) is 0. The molecule has 1 aromatic rings. The van der Waals surface area contributed by atoms with Crippen LogP contribution in [0.5, 0.6) is 0 Å². The summed E-state index contributed by atoms with van der Waals surface area (Å²) in [6, 6.07) is 1.16. The summed E-state index contributed by atoms with van der Waals surface area (Å²) < 4.78 is 40.5. The Labute approximate surface area is 99.6 Å². The van der Waals surface area contributed by atoms with Gasteiger partial charge in [-0.1, -0.05) is 0 Å². The molecule has 0 aliphatic heterocycles. The van der Waals surface area contributed by atoms with Gasteiger partial charge in [0.25, 0.3) is 0 Å². The quantitative estimate of drug-likeness (QED) is 0.870. The molecule has 1 rings (SSSR count). The van der Waals surface area contributed by atoms with Gasteiger partial charge in [0.1, 0.15) is 23.5 Å². The number of nitrogens with one attached hydrogen (secondary N) is 1. The van der Waals surface area contributed by atoms with Crippen molar-refractivity contribution >= 4 is 11.9 Å². The molecule has 1 aromatic heterocycles. The lowest BCUT2D eigenvalue weighted by molar-refractivity contribution is -0.153. The van der Waals surface area contributed by atoms with Crippen molar-refractivity contribution in [3.63, 3.8) is 0 Å². The molecule has 0 bridgehead atoms. The first kappa shape index (κ1) is 14.1. The summed E-state index contributed by atoms with van der Waals surface area (Å²) in [6.07, 6.45) is -6.16. The van der Waals surface area contributed by atoms with Gasteiger partial charge < -0.3 is 14.8 Å². The van der Waals surface area contributed by atoms with Crippen LogP contribution in [0, 0.1) is 6.92 Å². The molecule has 0 radical (unpaired) electrons. The summed E-state index contributed by atoms with van der Waals surface area (Å²) in [4.78, 5) is 21.5. The third kappa shape index (κ3) is 4.11. The van der Waals surface area contributed by atoms with Crippen LogP contribution in [0.15, 0.2) is 10.5 Å². The van der Waals surface area contributed by atoms with Gasteiger partial charge in [0.05, 0.1) is 6.54 Å². The molecule has 5 nitrogen and oxygen atoms in total. The molecule has 1 amide bonds. The molecule has 0 saturated carbocycles. The molecule has 18 heavy (non-hydrogen) atoms. The van der Waals surface area contributed by atoms with Crippen LogP contribution in [0.25, 0.3) is 0 Å². The van der Waals surface area contributed by atoms with E-state index in [2.05, 4.69) is 0 Å². The topological polar surface area (TPSA) is 79.5 Å². The van der Waals surface area contributed by atoms with Crippen molar-refractivity contribution in [1.29, 1.82) is 0 Å². The largest absolute Gasteiger partial charge is 0.478 e. The summed E-state index contributed by atoms with van der Waals surface area (Å²) in [6.45, 7) is 1.12. The number of rotatable bonds is 4. The van der Waals surface area contributed by atoms with Gasteiger partial charge in [-0.15, -0.1) is 0 Å². The Morgan fingerprint density at radius 3 is 2.50 bits per heavy atom. The van der Waals surface area contributed by atoms with Gasteiger partial charge >= 0.3 is 12.1 Å². The van der Waals surface area contributed by atoms with Crippen molar-refractivity contribution in [3.05, 3.63) is 23.2 Å². The molecule has 1 heterocycles. The molecular weight excluding hydrogens is 255 g/mol. The first-order chi connectivity index (χ1) is 8.19. The molecule has 0 fully saturated rings. The third-order valence-electron chi connectivity index (χ3n) is 2.02. The maximum atomic E-state index is 11.8. The lowest BCUT2D eigenvalue weighted by atomic mass is 10.2. The van der Waals surface area contributed by atoms with E-state index in [1.807, 2.05) is 5.32 Å². The fraction of sp³-hybridized carbons (Fsp3) is 0.400. The zero-order valence-corrected chi connectivity index (χ0v) is 9.30. The number of carbonyl (C=O) groups excluding carboxylic acids is 1. The van der Waals surface area contributed by atoms with Gasteiger partial charge in [-0.25, -0.2) is 4.79 Å². The Morgan fingerprint density at radius 2 is 2.06 bits per heavy atom. The molecule has 2 N–H and O–H groups in total. The van der Waals surface area contributed by atoms with E-state index in [4.69, 9.17) is 9.52 Å². The normalized spacial score (nSPS) is 11.3. The predicted molar refractivity (Wildman–Crippen MR) is 52.9 cm³/mol. The average Bonchev–Trinajstić information content (AvgIpc) is 2.54. The van der Waals surface area contributed by atoms with E-state index in [0.717, 1.165) is 6.07 Å². The lowest BCUT2D eigenvalue weighted by Crippen LogP contribution is -2.27.